The highest BCUT2D eigenvalue weighted by molar-refractivity contribution is 6.32. The van der Waals surface area contributed by atoms with E-state index in [0.29, 0.717) is 5.82 Å². The minimum atomic E-state index is -0.129. The normalized spacial score (nSPS) is 10.4. The second-order valence-corrected chi connectivity index (χ2v) is 4.94. The van der Waals surface area contributed by atoms with Gasteiger partial charge in [-0.15, -0.1) is 10.2 Å². The Morgan fingerprint density at radius 2 is 1.61 bits per heavy atom. The van der Waals surface area contributed by atoms with E-state index in [2.05, 4.69) is 23.3 Å². The van der Waals surface area contributed by atoms with Gasteiger partial charge in [-0.05, 0) is 26.0 Å². The summed E-state index contributed by atoms with van der Waals surface area (Å²) in [5, 5.41) is 12.5. The molecule has 1 heterocycles. The zero-order valence-electron chi connectivity index (χ0n) is 11.1. The van der Waals surface area contributed by atoms with Crippen LogP contribution in [0.25, 0.3) is 11.4 Å². The van der Waals surface area contributed by atoms with E-state index < -0.39 is 0 Å². The first-order valence-corrected chi connectivity index (χ1v) is 5.34. The van der Waals surface area contributed by atoms with Crippen molar-refractivity contribution in [1.82, 2.24) is 20.2 Å². The molecular weight excluding hydrogens is 231 g/mol. The topological polar surface area (TPSA) is 107 Å². The Morgan fingerprint density at radius 3 is 2.06 bits per heavy atom. The number of hydrogen-bond donors (Lipinski definition) is 0. The van der Waals surface area contributed by atoms with Crippen LogP contribution in [0.2, 0.25) is 0 Å². The number of tetrazole rings is 1. The van der Waals surface area contributed by atoms with Crippen LogP contribution in [-0.2, 0) is 5.54 Å². The summed E-state index contributed by atoms with van der Waals surface area (Å²) in [5.74, 6) is 0.676. The van der Waals surface area contributed by atoms with Crippen molar-refractivity contribution in [3.05, 3.63) is 24.3 Å². The molecular formula is C11H19BN4O2. The van der Waals surface area contributed by atoms with E-state index >= 15 is 0 Å². The van der Waals surface area contributed by atoms with Crippen LogP contribution in [-0.4, -0.2) is 39.0 Å². The molecule has 0 fully saturated rings. The standard InChI is InChI=1S/C11H15BN4.2H2O/c1-11(2,3)16-14-10(13-15-16)8-4-6-9(12)7-5-8;;/h4-7H,12H2,1-3H3;2*1H2. The number of hydrogen-bond acceptors (Lipinski definition) is 3. The Hall–Kier alpha value is -1.73. The van der Waals surface area contributed by atoms with Crippen molar-refractivity contribution in [2.24, 2.45) is 0 Å². The van der Waals surface area contributed by atoms with Gasteiger partial charge >= 0.3 is 0 Å². The first-order chi connectivity index (χ1) is 7.47. The van der Waals surface area contributed by atoms with Crippen LogP contribution in [0, 0.1) is 0 Å². The van der Waals surface area contributed by atoms with Gasteiger partial charge in [0.25, 0.3) is 0 Å². The summed E-state index contributed by atoms with van der Waals surface area (Å²) in [6, 6.07) is 8.12. The molecule has 0 radical (unpaired) electrons. The van der Waals surface area contributed by atoms with Gasteiger partial charge in [0.1, 0.15) is 7.85 Å². The van der Waals surface area contributed by atoms with Crippen molar-refractivity contribution >= 4 is 13.3 Å². The average molecular weight is 250 g/mol. The predicted octanol–water partition coefficient (Wildman–Crippen LogP) is -1.30. The lowest BCUT2D eigenvalue weighted by molar-refractivity contribution is 0.306. The van der Waals surface area contributed by atoms with E-state index in [9.17, 15) is 0 Å². The highest BCUT2D eigenvalue weighted by atomic mass is 16.0. The summed E-state index contributed by atoms with van der Waals surface area (Å²) in [4.78, 5) is 1.64. The molecule has 0 saturated carbocycles. The van der Waals surface area contributed by atoms with Gasteiger partial charge in [0, 0.05) is 5.56 Å². The molecule has 7 heteroatoms. The average Bonchev–Trinajstić information content (AvgIpc) is 2.67. The molecule has 0 aliphatic heterocycles. The van der Waals surface area contributed by atoms with Gasteiger partial charge in [-0.3, -0.25) is 0 Å². The predicted molar refractivity (Wildman–Crippen MR) is 73.7 cm³/mol. The second-order valence-electron chi connectivity index (χ2n) is 4.94. The van der Waals surface area contributed by atoms with Crippen molar-refractivity contribution in [2.45, 2.75) is 26.3 Å². The smallest absolute Gasteiger partial charge is 0.204 e. The molecule has 0 spiro atoms. The van der Waals surface area contributed by atoms with Gasteiger partial charge in [0.2, 0.25) is 5.82 Å². The fourth-order valence-corrected chi connectivity index (χ4v) is 1.32. The summed E-state index contributed by atoms with van der Waals surface area (Å²) in [6.07, 6.45) is 0. The lowest BCUT2D eigenvalue weighted by Crippen LogP contribution is -2.24. The summed E-state index contributed by atoms with van der Waals surface area (Å²) < 4.78 is 0. The van der Waals surface area contributed by atoms with Crippen molar-refractivity contribution in [1.29, 1.82) is 0 Å². The van der Waals surface area contributed by atoms with Crippen molar-refractivity contribution in [2.75, 3.05) is 0 Å². The second kappa shape index (κ2) is 5.75. The Balaban J connectivity index is 0.00000144. The van der Waals surface area contributed by atoms with Crippen molar-refractivity contribution < 1.29 is 11.0 Å². The quantitative estimate of drug-likeness (QED) is 0.587. The van der Waals surface area contributed by atoms with Crippen LogP contribution in [0.4, 0.5) is 0 Å². The lowest BCUT2D eigenvalue weighted by atomic mass is 9.95. The zero-order chi connectivity index (χ0) is 11.8. The highest BCUT2D eigenvalue weighted by Gasteiger charge is 2.17. The van der Waals surface area contributed by atoms with Crippen LogP contribution in [0.1, 0.15) is 20.8 Å². The van der Waals surface area contributed by atoms with Crippen LogP contribution in [0.3, 0.4) is 0 Å². The molecule has 6 nitrogen and oxygen atoms in total. The number of rotatable bonds is 1. The zero-order valence-corrected chi connectivity index (χ0v) is 11.1. The number of aromatic nitrogens is 4. The van der Waals surface area contributed by atoms with Gasteiger partial charge < -0.3 is 11.0 Å². The summed E-state index contributed by atoms with van der Waals surface area (Å²) in [5.41, 5.74) is 2.10. The minimum Gasteiger partial charge on any atom is -0.412 e. The first-order valence-electron chi connectivity index (χ1n) is 5.34. The van der Waals surface area contributed by atoms with Crippen LogP contribution >= 0.6 is 0 Å². The molecule has 0 atom stereocenters. The summed E-state index contributed by atoms with van der Waals surface area (Å²) in [6.45, 7) is 6.15. The fraction of sp³-hybridized carbons (Fsp3) is 0.364. The van der Waals surface area contributed by atoms with Gasteiger partial charge in [0.05, 0.1) is 5.54 Å². The largest absolute Gasteiger partial charge is 0.412 e. The van der Waals surface area contributed by atoms with Crippen LogP contribution < -0.4 is 5.46 Å². The third-order valence-corrected chi connectivity index (χ3v) is 2.32. The van der Waals surface area contributed by atoms with Gasteiger partial charge in [0.15, 0.2) is 0 Å². The molecule has 18 heavy (non-hydrogen) atoms. The van der Waals surface area contributed by atoms with Gasteiger partial charge in [-0.1, -0.05) is 29.7 Å². The van der Waals surface area contributed by atoms with E-state index in [1.165, 1.54) is 5.46 Å². The van der Waals surface area contributed by atoms with E-state index in [-0.39, 0.29) is 16.5 Å². The molecule has 4 N–H and O–H groups in total. The Morgan fingerprint density at radius 1 is 1.06 bits per heavy atom. The van der Waals surface area contributed by atoms with Crippen molar-refractivity contribution in [3.63, 3.8) is 0 Å². The van der Waals surface area contributed by atoms with E-state index in [4.69, 9.17) is 0 Å². The van der Waals surface area contributed by atoms with Crippen LogP contribution in [0.15, 0.2) is 24.3 Å². The van der Waals surface area contributed by atoms with Crippen LogP contribution in [0.5, 0.6) is 0 Å². The number of benzene rings is 1. The first kappa shape index (κ1) is 16.3. The highest BCUT2D eigenvalue weighted by Crippen LogP contribution is 2.15. The Kier molecular flexibility index (Phi) is 5.20. The maximum atomic E-state index is 4.38. The third kappa shape index (κ3) is 3.38. The monoisotopic (exact) mass is 250 g/mol. The van der Waals surface area contributed by atoms with E-state index in [0.717, 1.165) is 5.56 Å². The summed E-state index contributed by atoms with van der Waals surface area (Å²) in [7, 11) is 2.06. The van der Waals surface area contributed by atoms with Gasteiger partial charge in [-0.2, -0.15) is 4.80 Å². The molecule has 0 aliphatic carbocycles. The van der Waals surface area contributed by atoms with Gasteiger partial charge in [-0.25, -0.2) is 0 Å². The SMILES string of the molecule is Bc1ccc(-c2nnn(C(C)(C)C)n2)cc1.O.O. The molecule has 0 bridgehead atoms. The van der Waals surface area contributed by atoms with Crippen molar-refractivity contribution in [3.8, 4) is 11.4 Å². The summed E-state index contributed by atoms with van der Waals surface area (Å²) >= 11 is 0. The Bertz CT molecular complexity index is 490. The van der Waals surface area contributed by atoms with E-state index in [1.807, 2.05) is 45.0 Å². The maximum Gasteiger partial charge on any atom is 0.204 e. The molecule has 0 aliphatic rings. The fourth-order valence-electron chi connectivity index (χ4n) is 1.32. The maximum absolute atomic E-state index is 4.38. The molecule has 0 unspecified atom stereocenters. The molecule has 0 amide bonds. The molecule has 1 aromatic heterocycles. The minimum absolute atomic E-state index is 0. The molecule has 1 aromatic carbocycles. The Labute approximate surface area is 107 Å². The third-order valence-electron chi connectivity index (χ3n) is 2.32. The molecule has 0 saturated heterocycles. The lowest BCUT2D eigenvalue weighted by Gasteiger charge is -2.15. The molecule has 2 rings (SSSR count). The number of nitrogens with zero attached hydrogens (tertiary/aromatic N) is 4. The van der Waals surface area contributed by atoms with E-state index in [1.54, 1.807) is 4.80 Å². The molecule has 2 aromatic rings. The molecule has 98 valence electrons.